The first-order valence-corrected chi connectivity index (χ1v) is 10.6. The molecule has 0 radical (unpaired) electrons. The average molecular weight is 450 g/mol. The minimum atomic E-state index is -1.07. The summed E-state index contributed by atoms with van der Waals surface area (Å²) in [4.78, 5) is 31.9. The average Bonchev–Trinajstić information content (AvgIpc) is 3.37. The van der Waals surface area contributed by atoms with Crippen LogP contribution in [0.2, 0.25) is 0 Å². The molecule has 7 nitrogen and oxygen atoms in total. The van der Waals surface area contributed by atoms with Crippen LogP contribution >= 0.6 is 22.7 Å². The van der Waals surface area contributed by atoms with Crippen LogP contribution in [0.3, 0.4) is 0 Å². The van der Waals surface area contributed by atoms with Gasteiger partial charge >= 0.3 is 30.9 Å². The number of carbonyl (C=O) groups excluding carboxylic acids is 1. The van der Waals surface area contributed by atoms with E-state index in [0.29, 0.717) is 28.1 Å². The zero-order valence-corrected chi connectivity index (χ0v) is 17.2. The van der Waals surface area contributed by atoms with E-state index in [-0.39, 0.29) is 39.9 Å². The topological polar surface area (TPSA) is 104 Å². The van der Waals surface area contributed by atoms with E-state index >= 15 is 4.39 Å². The van der Waals surface area contributed by atoms with Crippen molar-refractivity contribution in [3.63, 3.8) is 0 Å². The van der Waals surface area contributed by atoms with Crippen LogP contribution in [0.5, 0.6) is 0 Å². The van der Waals surface area contributed by atoms with Gasteiger partial charge in [-0.1, -0.05) is 17.4 Å². The fourth-order valence-corrected chi connectivity index (χ4v) is 4.64. The molecule has 3 aromatic heterocycles. The van der Waals surface area contributed by atoms with Gasteiger partial charge in [-0.2, -0.15) is 0 Å². The van der Waals surface area contributed by atoms with Gasteiger partial charge in [0, 0.05) is 23.9 Å². The first kappa shape index (κ1) is 22.9. The molecule has 0 aliphatic heterocycles. The third-order valence-corrected chi connectivity index (χ3v) is 6.15. The Hall–Kier alpha value is -2.77. The number of carboxylic acids is 1. The molecule has 4 rings (SSSR count). The number of amides is 2. The number of thiophene rings is 1. The summed E-state index contributed by atoms with van der Waals surface area (Å²) in [6.45, 7) is 2.23. The van der Waals surface area contributed by atoms with E-state index in [0.717, 1.165) is 22.7 Å². The number of hydrogen-bond donors (Lipinski definition) is 3. The third-order valence-electron chi connectivity index (χ3n) is 4.22. The van der Waals surface area contributed by atoms with Gasteiger partial charge in [-0.3, -0.25) is 10.3 Å². The molecule has 3 N–H and O–H groups in total. The van der Waals surface area contributed by atoms with Crippen LogP contribution < -0.4 is 10.6 Å². The van der Waals surface area contributed by atoms with Crippen molar-refractivity contribution in [1.29, 1.82) is 0 Å². The maximum atomic E-state index is 15.4. The van der Waals surface area contributed by atoms with Gasteiger partial charge in [0.1, 0.15) is 10.4 Å². The van der Waals surface area contributed by atoms with Gasteiger partial charge in [0.15, 0.2) is 10.9 Å². The fraction of sp³-hybridized carbons (Fsp3) is 0.100. The van der Waals surface area contributed by atoms with Gasteiger partial charge < -0.3 is 10.4 Å². The number of benzene rings is 1. The molecule has 0 aliphatic rings. The number of carboxylic acid groups (broad SMARTS) is 1. The summed E-state index contributed by atoms with van der Waals surface area (Å²) in [5, 5.41) is 16.3. The van der Waals surface area contributed by atoms with Crippen LogP contribution in [0.1, 0.15) is 16.6 Å². The summed E-state index contributed by atoms with van der Waals surface area (Å²) in [5.41, 5.74) is 2.02. The molecule has 0 aliphatic carbocycles. The summed E-state index contributed by atoms with van der Waals surface area (Å²) >= 11 is 2.17. The summed E-state index contributed by atoms with van der Waals surface area (Å²) < 4.78 is 15.9. The Morgan fingerprint density at radius 2 is 2.03 bits per heavy atom. The molecule has 2 amide bonds. The minimum absolute atomic E-state index is 0. The van der Waals surface area contributed by atoms with Crippen molar-refractivity contribution in [3.05, 3.63) is 52.6 Å². The predicted octanol–water partition coefficient (Wildman–Crippen LogP) is 4.42. The second kappa shape index (κ2) is 9.57. The summed E-state index contributed by atoms with van der Waals surface area (Å²) in [5.74, 6) is -1.65. The number of nitrogens with zero attached hydrogens (tertiary/aromatic N) is 2. The van der Waals surface area contributed by atoms with E-state index in [1.54, 1.807) is 36.7 Å². The number of rotatable bonds is 5. The number of urea groups is 1. The molecule has 0 saturated heterocycles. The summed E-state index contributed by atoms with van der Waals surface area (Å²) in [6, 6.07) is 8.03. The Labute approximate surface area is 196 Å². The molecule has 1 aromatic carbocycles. The first-order chi connectivity index (χ1) is 14.5. The molecule has 3 heterocycles. The van der Waals surface area contributed by atoms with Crippen molar-refractivity contribution >= 4 is 68.9 Å². The standard InChI is InChI=1S/C20H15FN4O3S2.Li.H/c1-2-22-19(28)25-20-24-16-15(21)11(10-7-14(18(26)27)29-9-10)8-12(17(16)30-20)13-5-3-4-6-23-13;;/h3-9H,2H2,1H3,(H,26,27)(H2,22,24,25,28);;. The quantitative estimate of drug-likeness (QED) is 0.391. The van der Waals surface area contributed by atoms with E-state index in [1.165, 1.54) is 6.07 Å². The number of thiazole rings is 1. The van der Waals surface area contributed by atoms with Gasteiger partial charge in [0.2, 0.25) is 0 Å². The fourth-order valence-electron chi connectivity index (χ4n) is 2.92. The number of pyridine rings is 1. The van der Waals surface area contributed by atoms with Gasteiger partial charge in [0.25, 0.3) is 0 Å². The van der Waals surface area contributed by atoms with Crippen molar-refractivity contribution in [3.8, 4) is 22.4 Å². The van der Waals surface area contributed by atoms with E-state index < -0.39 is 17.8 Å². The van der Waals surface area contributed by atoms with Crippen molar-refractivity contribution in [2.24, 2.45) is 0 Å². The Morgan fingerprint density at radius 1 is 1.23 bits per heavy atom. The van der Waals surface area contributed by atoms with Crippen LogP contribution in [0.25, 0.3) is 32.6 Å². The molecule has 0 saturated carbocycles. The molecule has 0 atom stereocenters. The van der Waals surface area contributed by atoms with E-state index in [1.807, 2.05) is 6.07 Å². The van der Waals surface area contributed by atoms with Crippen molar-refractivity contribution in [1.82, 2.24) is 15.3 Å². The second-order valence-electron chi connectivity index (χ2n) is 6.19. The predicted molar refractivity (Wildman–Crippen MR) is 123 cm³/mol. The Kier molecular flexibility index (Phi) is 7.07. The van der Waals surface area contributed by atoms with Gasteiger partial charge in [0.05, 0.1) is 10.4 Å². The molecule has 0 spiro atoms. The normalized spacial score (nSPS) is 10.5. The number of carbonyl (C=O) groups is 2. The Balaban J connectivity index is 0.00000272. The molecular formula is C20H16FLiN4O3S2. The molecular weight excluding hydrogens is 434 g/mol. The summed E-state index contributed by atoms with van der Waals surface area (Å²) in [6.07, 6.45) is 1.63. The molecule has 4 aromatic rings. The van der Waals surface area contributed by atoms with Gasteiger partial charge in [-0.05, 0) is 42.1 Å². The van der Waals surface area contributed by atoms with Gasteiger partial charge in [-0.25, -0.2) is 19.0 Å². The number of nitrogens with one attached hydrogen (secondary N) is 2. The molecule has 0 bridgehead atoms. The number of halogens is 1. The number of fused-ring (bicyclic) bond motifs is 1. The van der Waals surface area contributed by atoms with Crippen molar-refractivity contribution in [2.75, 3.05) is 11.9 Å². The number of aromatic carboxylic acids is 1. The molecule has 154 valence electrons. The number of aromatic nitrogens is 2. The van der Waals surface area contributed by atoms with Crippen LogP contribution in [0.4, 0.5) is 14.3 Å². The zero-order chi connectivity index (χ0) is 21.3. The molecule has 0 unspecified atom stereocenters. The summed E-state index contributed by atoms with van der Waals surface area (Å²) in [7, 11) is 0. The zero-order valence-electron chi connectivity index (χ0n) is 15.6. The Bertz CT molecular complexity index is 1260. The monoisotopic (exact) mass is 450 g/mol. The van der Waals surface area contributed by atoms with Crippen molar-refractivity contribution in [2.45, 2.75) is 6.92 Å². The second-order valence-corrected chi connectivity index (χ2v) is 8.10. The maximum absolute atomic E-state index is 15.4. The first-order valence-electron chi connectivity index (χ1n) is 8.89. The van der Waals surface area contributed by atoms with E-state index in [2.05, 4.69) is 20.6 Å². The molecule has 31 heavy (non-hydrogen) atoms. The number of hydrogen-bond acceptors (Lipinski definition) is 6. The van der Waals surface area contributed by atoms with Crippen LogP contribution in [0, 0.1) is 5.82 Å². The van der Waals surface area contributed by atoms with Crippen molar-refractivity contribution < 1.29 is 19.1 Å². The van der Waals surface area contributed by atoms with E-state index in [9.17, 15) is 14.7 Å². The van der Waals surface area contributed by atoms with Crippen LogP contribution in [-0.4, -0.2) is 52.5 Å². The third kappa shape index (κ3) is 4.62. The SMILES string of the molecule is CCNC(=O)Nc1nc2c(F)c(-c3csc(C(=O)O)c3)cc(-c3ccccn3)c2s1.[LiH]. The Morgan fingerprint density at radius 3 is 2.68 bits per heavy atom. The van der Waals surface area contributed by atoms with Crippen LogP contribution in [-0.2, 0) is 0 Å². The van der Waals surface area contributed by atoms with E-state index in [4.69, 9.17) is 0 Å². The molecule has 0 fully saturated rings. The van der Waals surface area contributed by atoms with Gasteiger partial charge in [-0.15, -0.1) is 11.3 Å². The number of anilines is 1. The molecule has 11 heteroatoms. The van der Waals surface area contributed by atoms with Crippen LogP contribution in [0.15, 0.2) is 41.9 Å².